The fraction of sp³-hybridized carbons (Fsp3) is 0.238. The molecule has 1 amide bonds. The zero-order valence-corrected chi connectivity index (χ0v) is 15.8. The second kappa shape index (κ2) is 7.45. The average molecular weight is 386 g/mol. The average Bonchev–Trinajstić information content (AvgIpc) is 2.94. The van der Waals surface area contributed by atoms with Gasteiger partial charge in [-0.3, -0.25) is 14.5 Å². The molecule has 2 aromatic carbocycles. The zero-order valence-electron chi connectivity index (χ0n) is 15.1. The Labute approximate surface area is 162 Å². The Kier molecular flexibility index (Phi) is 5.24. The molecule has 1 atom stereocenters. The zero-order chi connectivity index (χ0) is 19.7. The van der Waals surface area contributed by atoms with E-state index in [1.807, 2.05) is 19.1 Å². The molecule has 0 saturated carbocycles. The Bertz CT molecular complexity index is 934. The second-order valence-electron chi connectivity index (χ2n) is 6.35. The van der Waals surface area contributed by atoms with Crippen LogP contribution in [0.2, 0.25) is 5.02 Å². The number of carbonyl (C=O) groups excluding carboxylic acids is 2. The standard InChI is InChI=1S/C21H20ClNO4/c1-3-12-5-8-14(9-6-12)23-19(13-7-10-17(25)15(22)11-13)18(16(24)4-2)20(26)21(23)27/h5-11,19,25-26H,3-4H2,1-2H3. The highest BCUT2D eigenvalue weighted by Gasteiger charge is 2.43. The number of rotatable bonds is 5. The van der Waals surface area contributed by atoms with Gasteiger partial charge >= 0.3 is 0 Å². The van der Waals surface area contributed by atoms with Crippen LogP contribution in [0.5, 0.6) is 5.75 Å². The molecule has 6 heteroatoms. The van der Waals surface area contributed by atoms with Crippen LogP contribution in [0.4, 0.5) is 5.69 Å². The summed E-state index contributed by atoms with van der Waals surface area (Å²) in [5.41, 5.74) is 2.25. The minimum absolute atomic E-state index is 0.0452. The number of amides is 1. The molecular weight excluding hydrogens is 366 g/mol. The third kappa shape index (κ3) is 3.30. The van der Waals surface area contributed by atoms with Crippen molar-refractivity contribution in [3.8, 4) is 5.75 Å². The van der Waals surface area contributed by atoms with E-state index in [4.69, 9.17) is 11.6 Å². The number of hydrogen-bond acceptors (Lipinski definition) is 4. The van der Waals surface area contributed by atoms with E-state index in [1.54, 1.807) is 25.1 Å². The Balaban J connectivity index is 2.17. The van der Waals surface area contributed by atoms with E-state index < -0.39 is 17.7 Å². The Morgan fingerprint density at radius 1 is 1.11 bits per heavy atom. The van der Waals surface area contributed by atoms with Crippen molar-refractivity contribution in [2.75, 3.05) is 4.90 Å². The van der Waals surface area contributed by atoms with E-state index in [-0.39, 0.29) is 28.5 Å². The van der Waals surface area contributed by atoms with Crippen molar-refractivity contribution in [2.24, 2.45) is 0 Å². The fourth-order valence-electron chi connectivity index (χ4n) is 3.25. The van der Waals surface area contributed by atoms with Crippen molar-refractivity contribution in [3.63, 3.8) is 0 Å². The maximum absolute atomic E-state index is 12.8. The van der Waals surface area contributed by atoms with Crippen LogP contribution in [0.1, 0.15) is 37.4 Å². The van der Waals surface area contributed by atoms with Crippen molar-refractivity contribution >= 4 is 29.0 Å². The van der Waals surface area contributed by atoms with Crippen LogP contribution < -0.4 is 4.90 Å². The highest BCUT2D eigenvalue weighted by atomic mass is 35.5. The van der Waals surface area contributed by atoms with Gasteiger partial charge in [-0.25, -0.2) is 0 Å². The molecule has 1 aliphatic rings. The van der Waals surface area contributed by atoms with Crippen molar-refractivity contribution < 1.29 is 19.8 Å². The number of ketones is 1. The van der Waals surface area contributed by atoms with Gasteiger partial charge in [0.05, 0.1) is 16.6 Å². The number of aromatic hydroxyl groups is 1. The molecule has 0 bridgehead atoms. The first-order chi connectivity index (χ1) is 12.9. The summed E-state index contributed by atoms with van der Waals surface area (Å²) >= 11 is 6.04. The lowest BCUT2D eigenvalue weighted by atomic mass is 9.94. The summed E-state index contributed by atoms with van der Waals surface area (Å²) in [7, 11) is 0. The van der Waals surface area contributed by atoms with Crippen molar-refractivity contribution in [2.45, 2.75) is 32.7 Å². The number of phenols is 1. The highest BCUT2D eigenvalue weighted by Crippen LogP contribution is 2.42. The van der Waals surface area contributed by atoms with Gasteiger partial charge in [-0.2, -0.15) is 0 Å². The molecular formula is C21H20ClNO4. The molecule has 2 aromatic rings. The first-order valence-corrected chi connectivity index (χ1v) is 9.14. The molecule has 3 rings (SSSR count). The predicted molar refractivity (Wildman–Crippen MR) is 104 cm³/mol. The summed E-state index contributed by atoms with van der Waals surface area (Å²) in [6.07, 6.45) is 1.01. The number of carbonyl (C=O) groups is 2. The molecule has 27 heavy (non-hydrogen) atoms. The molecule has 1 heterocycles. The number of nitrogens with zero attached hydrogens (tertiary/aromatic N) is 1. The van der Waals surface area contributed by atoms with Crippen molar-refractivity contribution in [1.29, 1.82) is 0 Å². The molecule has 0 saturated heterocycles. The number of aliphatic hydroxyl groups excluding tert-OH is 1. The van der Waals surface area contributed by atoms with Crippen LogP contribution in [0.3, 0.4) is 0 Å². The molecule has 1 unspecified atom stereocenters. The summed E-state index contributed by atoms with van der Waals surface area (Å²) in [6, 6.07) is 11.1. The van der Waals surface area contributed by atoms with Crippen LogP contribution >= 0.6 is 11.6 Å². The van der Waals surface area contributed by atoms with Gasteiger partial charge in [0.1, 0.15) is 5.75 Å². The molecule has 0 fully saturated rings. The van der Waals surface area contributed by atoms with Crippen molar-refractivity contribution in [1.82, 2.24) is 0 Å². The normalized spacial score (nSPS) is 16.9. The molecule has 0 spiro atoms. The summed E-state index contributed by atoms with van der Waals surface area (Å²) in [5, 5.41) is 20.3. The van der Waals surface area contributed by atoms with Crippen LogP contribution in [-0.4, -0.2) is 21.9 Å². The van der Waals surface area contributed by atoms with Gasteiger partial charge in [0.15, 0.2) is 11.5 Å². The van der Waals surface area contributed by atoms with E-state index >= 15 is 0 Å². The van der Waals surface area contributed by atoms with Gasteiger partial charge in [0, 0.05) is 12.1 Å². The van der Waals surface area contributed by atoms with Gasteiger partial charge in [-0.05, 0) is 41.8 Å². The largest absolute Gasteiger partial charge is 0.506 e. The number of benzene rings is 2. The van der Waals surface area contributed by atoms with E-state index in [0.717, 1.165) is 12.0 Å². The number of hydrogen-bond donors (Lipinski definition) is 2. The van der Waals surface area contributed by atoms with E-state index in [9.17, 15) is 19.8 Å². The van der Waals surface area contributed by atoms with Crippen LogP contribution in [-0.2, 0) is 16.0 Å². The van der Waals surface area contributed by atoms with Gasteiger partial charge in [-0.1, -0.05) is 43.6 Å². The van der Waals surface area contributed by atoms with E-state index in [2.05, 4.69) is 0 Å². The second-order valence-corrected chi connectivity index (χ2v) is 6.75. The summed E-state index contributed by atoms with van der Waals surface area (Å²) in [4.78, 5) is 26.7. The number of aryl methyl sites for hydroxylation is 1. The van der Waals surface area contributed by atoms with Crippen molar-refractivity contribution in [3.05, 3.63) is 69.9 Å². The van der Waals surface area contributed by atoms with E-state index in [1.165, 1.54) is 17.0 Å². The smallest absolute Gasteiger partial charge is 0.294 e. The minimum atomic E-state index is -0.810. The molecule has 5 nitrogen and oxygen atoms in total. The number of phenolic OH excluding ortho intramolecular Hbond substituents is 1. The maximum atomic E-state index is 12.8. The van der Waals surface area contributed by atoms with Gasteiger partial charge in [-0.15, -0.1) is 0 Å². The predicted octanol–water partition coefficient (Wildman–Crippen LogP) is 4.49. The summed E-state index contributed by atoms with van der Waals surface area (Å²) in [5.74, 6) is -1.59. The lowest BCUT2D eigenvalue weighted by molar-refractivity contribution is -0.118. The summed E-state index contributed by atoms with van der Waals surface area (Å²) < 4.78 is 0. The number of halogens is 1. The molecule has 1 aliphatic heterocycles. The quantitative estimate of drug-likeness (QED) is 0.795. The third-order valence-electron chi connectivity index (χ3n) is 4.74. The van der Waals surface area contributed by atoms with Gasteiger partial charge < -0.3 is 10.2 Å². The SMILES string of the molecule is CCC(=O)C1=C(O)C(=O)N(c2ccc(CC)cc2)C1c1ccc(O)c(Cl)c1. The lowest BCUT2D eigenvalue weighted by Crippen LogP contribution is -2.31. The topological polar surface area (TPSA) is 77.8 Å². The van der Waals surface area contributed by atoms with Crippen LogP contribution in [0.15, 0.2) is 53.8 Å². The van der Waals surface area contributed by atoms with Gasteiger partial charge in [0.2, 0.25) is 0 Å². The Morgan fingerprint density at radius 2 is 1.78 bits per heavy atom. The molecule has 0 radical (unpaired) electrons. The first-order valence-electron chi connectivity index (χ1n) is 8.76. The Morgan fingerprint density at radius 3 is 2.33 bits per heavy atom. The number of Topliss-reactive ketones (excluding diaryl/α,β-unsaturated/α-hetero) is 1. The molecule has 140 valence electrons. The first kappa shape index (κ1) is 19.0. The fourth-order valence-corrected chi connectivity index (χ4v) is 3.44. The minimum Gasteiger partial charge on any atom is -0.506 e. The van der Waals surface area contributed by atoms with E-state index in [0.29, 0.717) is 11.3 Å². The maximum Gasteiger partial charge on any atom is 0.294 e. The third-order valence-corrected chi connectivity index (χ3v) is 5.04. The molecule has 0 aromatic heterocycles. The summed E-state index contributed by atoms with van der Waals surface area (Å²) in [6.45, 7) is 3.70. The monoisotopic (exact) mass is 385 g/mol. The highest BCUT2D eigenvalue weighted by molar-refractivity contribution is 6.32. The number of aliphatic hydroxyl groups is 1. The lowest BCUT2D eigenvalue weighted by Gasteiger charge is -2.27. The molecule has 2 N–H and O–H groups in total. The number of anilines is 1. The molecule has 0 aliphatic carbocycles. The van der Waals surface area contributed by atoms with Crippen LogP contribution in [0.25, 0.3) is 0 Å². The van der Waals surface area contributed by atoms with Gasteiger partial charge in [0.25, 0.3) is 5.91 Å². The Hall–Kier alpha value is -2.79. The van der Waals surface area contributed by atoms with Crippen LogP contribution in [0, 0.1) is 0 Å².